The fourth-order valence-corrected chi connectivity index (χ4v) is 5.51. The first-order chi connectivity index (χ1) is 16.7. The van der Waals surface area contributed by atoms with E-state index >= 15 is 0 Å². The van der Waals surface area contributed by atoms with Crippen LogP contribution in [0.4, 0.5) is 10.5 Å². The van der Waals surface area contributed by atoms with Gasteiger partial charge in [0.15, 0.2) is 6.23 Å². The number of rotatable bonds is 5. The zero-order valence-corrected chi connectivity index (χ0v) is 21.4. The van der Waals surface area contributed by atoms with Crippen LogP contribution in [0.2, 0.25) is 0 Å². The third kappa shape index (κ3) is 5.49. The van der Waals surface area contributed by atoms with Crippen molar-refractivity contribution in [3.05, 3.63) is 50.1 Å². The second-order valence-corrected chi connectivity index (χ2v) is 10.8. The highest BCUT2D eigenvalue weighted by molar-refractivity contribution is 9.11. The zero-order chi connectivity index (χ0) is 25.3. The van der Waals surface area contributed by atoms with Crippen LogP contribution in [0.15, 0.2) is 34.1 Å². The number of carbonyl (C=O) groups is 4. The maximum absolute atomic E-state index is 13.2. The van der Waals surface area contributed by atoms with Gasteiger partial charge in [-0.2, -0.15) is 0 Å². The summed E-state index contributed by atoms with van der Waals surface area (Å²) in [6.07, 6.45) is -2.42. The zero-order valence-electron chi connectivity index (χ0n) is 19.0. The van der Waals surface area contributed by atoms with Crippen LogP contribution in [-0.4, -0.2) is 72.5 Å². The van der Waals surface area contributed by atoms with Gasteiger partial charge in [0, 0.05) is 30.6 Å². The number of benzene rings is 1. The summed E-state index contributed by atoms with van der Waals surface area (Å²) in [4.78, 5) is 53.2. The van der Waals surface area contributed by atoms with Gasteiger partial charge >= 0.3 is 6.16 Å². The highest BCUT2D eigenvalue weighted by Gasteiger charge is 2.38. The van der Waals surface area contributed by atoms with Crippen molar-refractivity contribution in [2.75, 3.05) is 25.1 Å². The molecule has 0 bridgehead atoms. The number of thiophene rings is 1. The van der Waals surface area contributed by atoms with E-state index < -0.39 is 24.4 Å². The highest BCUT2D eigenvalue weighted by Crippen LogP contribution is 2.28. The van der Waals surface area contributed by atoms with Crippen LogP contribution in [0.25, 0.3) is 0 Å². The molecule has 2 fully saturated rings. The monoisotopic (exact) mass is 565 g/mol. The first-order valence-electron chi connectivity index (χ1n) is 10.9. The van der Waals surface area contributed by atoms with Crippen molar-refractivity contribution in [3.63, 3.8) is 0 Å². The number of carbonyl (C=O) groups excluding carboxylic acids is 4. The standard InChI is InChI=1S/C23H24BrN3O7S/c1-12-7-14(26-10-13(8-19(26)29)25-21(30)17-5-6-18(24)35-17)3-4-16(12)22(31)27-11-15(28)9-20(27)34-23(32)33-2/h3-7,13,15,20,28H,8-11H2,1-2H3,(H,25,30)/t13?,15-,20+/m1/s1. The molecule has 3 heterocycles. The maximum Gasteiger partial charge on any atom is 0.509 e. The summed E-state index contributed by atoms with van der Waals surface area (Å²) in [7, 11) is 1.17. The predicted octanol–water partition coefficient (Wildman–Crippen LogP) is 2.67. The molecule has 0 saturated carbocycles. The third-order valence-electron chi connectivity index (χ3n) is 5.90. The summed E-state index contributed by atoms with van der Waals surface area (Å²) in [6.45, 7) is 2.08. The molecule has 2 saturated heterocycles. The number of aliphatic hydroxyl groups is 1. The lowest BCUT2D eigenvalue weighted by Crippen LogP contribution is -2.39. The normalized spacial score (nSPS) is 21.8. The lowest BCUT2D eigenvalue weighted by molar-refractivity contribution is -0.117. The molecule has 2 aromatic rings. The van der Waals surface area contributed by atoms with Crippen molar-refractivity contribution >= 4 is 56.8 Å². The number of hydrogen-bond donors (Lipinski definition) is 2. The summed E-state index contributed by atoms with van der Waals surface area (Å²) < 4.78 is 10.5. The quantitative estimate of drug-likeness (QED) is 0.534. The first-order valence-corrected chi connectivity index (χ1v) is 12.5. The molecule has 4 rings (SSSR count). The van der Waals surface area contributed by atoms with Crippen LogP contribution >= 0.6 is 27.3 Å². The van der Waals surface area contributed by atoms with Crippen LogP contribution in [0.3, 0.4) is 0 Å². The van der Waals surface area contributed by atoms with Gasteiger partial charge in [-0.3, -0.25) is 14.4 Å². The Labute approximate surface area is 213 Å². The molecule has 2 N–H and O–H groups in total. The first kappa shape index (κ1) is 25.1. The Morgan fingerprint density at radius 1 is 1.20 bits per heavy atom. The van der Waals surface area contributed by atoms with E-state index in [-0.39, 0.29) is 37.2 Å². The lowest BCUT2D eigenvalue weighted by Gasteiger charge is -2.25. The van der Waals surface area contributed by atoms with E-state index in [0.29, 0.717) is 28.2 Å². The number of anilines is 1. The Kier molecular flexibility index (Phi) is 7.43. The number of halogens is 1. The molecule has 12 heteroatoms. The van der Waals surface area contributed by atoms with Gasteiger partial charge in [-0.05, 0) is 58.7 Å². The topological polar surface area (TPSA) is 125 Å². The van der Waals surface area contributed by atoms with E-state index in [1.54, 1.807) is 42.2 Å². The molecule has 1 aromatic heterocycles. The van der Waals surface area contributed by atoms with E-state index in [2.05, 4.69) is 26.0 Å². The van der Waals surface area contributed by atoms with Crippen molar-refractivity contribution in [2.45, 2.75) is 38.1 Å². The van der Waals surface area contributed by atoms with Crippen LogP contribution in [-0.2, 0) is 14.3 Å². The van der Waals surface area contributed by atoms with Crippen molar-refractivity contribution in [2.24, 2.45) is 0 Å². The molecule has 186 valence electrons. The van der Waals surface area contributed by atoms with Crippen molar-refractivity contribution in [3.8, 4) is 0 Å². The number of amides is 3. The van der Waals surface area contributed by atoms with Crippen molar-refractivity contribution in [1.82, 2.24) is 10.2 Å². The average Bonchev–Trinajstić information content (AvgIpc) is 3.51. The van der Waals surface area contributed by atoms with E-state index in [1.165, 1.54) is 23.3 Å². The lowest BCUT2D eigenvalue weighted by atomic mass is 10.1. The number of aryl methyl sites for hydroxylation is 1. The molecule has 1 unspecified atom stereocenters. The number of nitrogens with zero attached hydrogens (tertiary/aromatic N) is 2. The second kappa shape index (κ2) is 10.3. The minimum Gasteiger partial charge on any atom is -0.438 e. The van der Waals surface area contributed by atoms with Crippen molar-refractivity contribution in [1.29, 1.82) is 0 Å². The van der Waals surface area contributed by atoms with Gasteiger partial charge in [0.25, 0.3) is 11.8 Å². The number of hydrogen-bond acceptors (Lipinski definition) is 8. The van der Waals surface area contributed by atoms with Gasteiger partial charge < -0.3 is 29.7 Å². The Hall–Kier alpha value is -2.96. The van der Waals surface area contributed by atoms with Gasteiger partial charge in [-0.15, -0.1) is 11.3 Å². The molecule has 0 radical (unpaired) electrons. The van der Waals surface area contributed by atoms with Crippen LogP contribution in [0, 0.1) is 6.92 Å². The van der Waals surface area contributed by atoms with Gasteiger partial charge in [0.05, 0.1) is 34.5 Å². The van der Waals surface area contributed by atoms with E-state index in [9.17, 15) is 24.3 Å². The molecule has 10 nitrogen and oxygen atoms in total. The molecular formula is C23H24BrN3O7S. The van der Waals surface area contributed by atoms with E-state index in [4.69, 9.17) is 4.74 Å². The number of nitrogens with one attached hydrogen (secondary N) is 1. The summed E-state index contributed by atoms with van der Waals surface area (Å²) in [6, 6.07) is 8.19. The fourth-order valence-electron chi connectivity index (χ4n) is 4.22. The molecule has 0 spiro atoms. The predicted molar refractivity (Wildman–Crippen MR) is 130 cm³/mol. The average molecular weight is 566 g/mol. The Bertz CT molecular complexity index is 1170. The minimum atomic E-state index is -0.935. The molecule has 0 aliphatic carbocycles. The van der Waals surface area contributed by atoms with Gasteiger partial charge in [-0.25, -0.2) is 4.79 Å². The molecule has 3 amide bonds. The van der Waals surface area contributed by atoms with Crippen LogP contribution in [0.1, 0.15) is 38.4 Å². The SMILES string of the molecule is COC(=O)O[C@H]1C[C@@H](O)CN1C(=O)c1ccc(N2CC(NC(=O)c3ccc(Br)s3)CC2=O)cc1C. The molecule has 3 atom stereocenters. The third-order valence-corrected chi connectivity index (χ3v) is 7.52. The Morgan fingerprint density at radius 2 is 1.97 bits per heavy atom. The van der Waals surface area contributed by atoms with E-state index in [1.807, 2.05) is 0 Å². The number of aliphatic hydroxyl groups excluding tert-OH is 1. The van der Waals surface area contributed by atoms with Gasteiger partial charge in [-0.1, -0.05) is 0 Å². The highest BCUT2D eigenvalue weighted by atomic mass is 79.9. The number of ether oxygens (including phenoxy) is 2. The largest absolute Gasteiger partial charge is 0.509 e. The fraction of sp³-hybridized carbons (Fsp3) is 0.391. The molecule has 2 aliphatic heterocycles. The number of β-amino-alcohol motifs (C(OH)–C–C–N with tert-alkyl or cyclic N) is 1. The Balaban J connectivity index is 1.45. The molecule has 2 aliphatic rings. The van der Waals surface area contributed by atoms with Gasteiger partial charge in [0.2, 0.25) is 5.91 Å². The molecule has 1 aromatic carbocycles. The number of likely N-dealkylation sites (tertiary alicyclic amines) is 1. The second-order valence-electron chi connectivity index (χ2n) is 8.36. The van der Waals surface area contributed by atoms with Gasteiger partial charge in [0.1, 0.15) is 0 Å². The summed E-state index contributed by atoms with van der Waals surface area (Å²) in [5.41, 5.74) is 1.60. The summed E-state index contributed by atoms with van der Waals surface area (Å²) >= 11 is 4.65. The summed E-state index contributed by atoms with van der Waals surface area (Å²) in [5, 5.41) is 12.9. The Morgan fingerprint density at radius 3 is 2.63 bits per heavy atom. The van der Waals surface area contributed by atoms with E-state index in [0.717, 1.165) is 3.79 Å². The maximum atomic E-state index is 13.2. The van der Waals surface area contributed by atoms with Crippen molar-refractivity contribution < 1.29 is 33.8 Å². The van der Waals surface area contributed by atoms with Crippen LogP contribution in [0.5, 0.6) is 0 Å². The molecule has 35 heavy (non-hydrogen) atoms. The van der Waals surface area contributed by atoms with Crippen LogP contribution < -0.4 is 10.2 Å². The minimum absolute atomic E-state index is 0.0223. The number of methoxy groups -OCH3 is 1. The summed E-state index contributed by atoms with van der Waals surface area (Å²) in [5.74, 6) is -0.760. The smallest absolute Gasteiger partial charge is 0.438 e. The molecular weight excluding hydrogens is 542 g/mol.